The van der Waals surface area contributed by atoms with Crippen molar-refractivity contribution in [3.05, 3.63) is 29.7 Å². The van der Waals surface area contributed by atoms with Crippen LogP contribution in [-0.4, -0.2) is 52.9 Å². The number of rotatable bonds is 3. The highest BCUT2D eigenvalue weighted by molar-refractivity contribution is 5.97. The highest BCUT2D eigenvalue weighted by Crippen LogP contribution is 2.25. The van der Waals surface area contributed by atoms with E-state index in [0.717, 1.165) is 49.2 Å². The molecule has 2 heterocycles. The van der Waals surface area contributed by atoms with Crippen LogP contribution in [0.1, 0.15) is 68.1 Å². The SMILES string of the molecule is CC(C)c1nc2cc(C(=O)N3CCN(C4CCCCC4)CC3)ccc2o1. The minimum absolute atomic E-state index is 0.115. The van der Waals surface area contributed by atoms with E-state index in [0.29, 0.717) is 5.56 Å². The average molecular weight is 355 g/mol. The highest BCUT2D eigenvalue weighted by Gasteiger charge is 2.27. The lowest BCUT2D eigenvalue weighted by molar-refractivity contribution is 0.0523. The molecule has 1 aromatic heterocycles. The minimum Gasteiger partial charge on any atom is -0.440 e. The molecule has 1 saturated heterocycles. The summed E-state index contributed by atoms with van der Waals surface area (Å²) in [4.78, 5) is 22.0. The molecular formula is C21H29N3O2. The Hall–Kier alpha value is -1.88. The summed E-state index contributed by atoms with van der Waals surface area (Å²) in [6, 6.07) is 6.36. The maximum absolute atomic E-state index is 12.9. The van der Waals surface area contributed by atoms with Crippen LogP contribution >= 0.6 is 0 Å². The van der Waals surface area contributed by atoms with Crippen LogP contribution in [0, 0.1) is 0 Å². The summed E-state index contributed by atoms with van der Waals surface area (Å²) in [7, 11) is 0. The van der Waals surface area contributed by atoms with Gasteiger partial charge in [0.15, 0.2) is 11.5 Å². The second kappa shape index (κ2) is 7.39. The normalized spacial score (nSPS) is 20.2. The van der Waals surface area contributed by atoms with Gasteiger partial charge < -0.3 is 9.32 Å². The summed E-state index contributed by atoms with van der Waals surface area (Å²) >= 11 is 0. The van der Waals surface area contributed by atoms with E-state index in [1.165, 1.54) is 32.1 Å². The van der Waals surface area contributed by atoms with Gasteiger partial charge in [0.05, 0.1) is 0 Å². The molecule has 26 heavy (non-hydrogen) atoms. The molecule has 0 atom stereocenters. The number of hydrogen-bond donors (Lipinski definition) is 0. The molecule has 0 N–H and O–H groups in total. The Morgan fingerprint density at radius 2 is 1.85 bits per heavy atom. The molecule has 1 saturated carbocycles. The number of carbonyl (C=O) groups excluding carboxylic acids is 1. The van der Waals surface area contributed by atoms with Gasteiger partial charge in [-0.15, -0.1) is 0 Å². The van der Waals surface area contributed by atoms with Crippen molar-refractivity contribution in [1.82, 2.24) is 14.8 Å². The van der Waals surface area contributed by atoms with Gasteiger partial charge in [-0.1, -0.05) is 33.1 Å². The first kappa shape index (κ1) is 17.5. The van der Waals surface area contributed by atoms with E-state index in [9.17, 15) is 4.79 Å². The van der Waals surface area contributed by atoms with Crippen LogP contribution < -0.4 is 0 Å². The summed E-state index contributed by atoms with van der Waals surface area (Å²) in [6.07, 6.45) is 6.77. The van der Waals surface area contributed by atoms with Crippen LogP contribution in [0.4, 0.5) is 0 Å². The maximum Gasteiger partial charge on any atom is 0.254 e. The molecule has 5 nitrogen and oxygen atoms in total. The second-order valence-electron chi connectivity index (χ2n) is 8.01. The predicted octanol–water partition coefficient (Wildman–Crippen LogP) is 4.04. The molecule has 2 aromatic rings. The van der Waals surface area contributed by atoms with Crippen LogP contribution in [0.3, 0.4) is 0 Å². The van der Waals surface area contributed by atoms with E-state index in [-0.39, 0.29) is 11.8 Å². The zero-order chi connectivity index (χ0) is 18.1. The lowest BCUT2D eigenvalue weighted by Crippen LogP contribution is -2.52. The maximum atomic E-state index is 12.9. The Labute approximate surface area is 155 Å². The van der Waals surface area contributed by atoms with Crippen molar-refractivity contribution in [3.63, 3.8) is 0 Å². The molecule has 2 aliphatic rings. The van der Waals surface area contributed by atoms with Gasteiger partial charge >= 0.3 is 0 Å². The van der Waals surface area contributed by atoms with E-state index < -0.39 is 0 Å². The zero-order valence-electron chi connectivity index (χ0n) is 15.9. The topological polar surface area (TPSA) is 49.6 Å². The third-order valence-corrected chi connectivity index (χ3v) is 5.84. The first-order chi connectivity index (χ1) is 12.6. The lowest BCUT2D eigenvalue weighted by Gasteiger charge is -2.40. The Morgan fingerprint density at radius 1 is 1.12 bits per heavy atom. The third kappa shape index (κ3) is 3.50. The van der Waals surface area contributed by atoms with Crippen LogP contribution in [0.25, 0.3) is 11.1 Å². The zero-order valence-corrected chi connectivity index (χ0v) is 15.9. The van der Waals surface area contributed by atoms with Gasteiger partial charge in [0.1, 0.15) is 5.52 Å². The van der Waals surface area contributed by atoms with Gasteiger partial charge in [0, 0.05) is 43.7 Å². The largest absolute Gasteiger partial charge is 0.440 e. The van der Waals surface area contributed by atoms with Crippen LogP contribution in [0.15, 0.2) is 22.6 Å². The van der Waals surface area contributed by atoms with Crippen molar-refractivity contribution in [3.8, 4) is 0 Å². The number of benzene rings is 1. The van der Waals surface area contributed by atoms with E-state index in [4.69, 9.17) is 4.42 Å². The molecular weight excluding hydrogens is 326 g/mol. The summed E-state index contributed by atoms with van der Waals surface area (Å²) in [5, 5.41) is 0. The molecule has 1 aliphatic carbocycles. The van der Waals surface area contributed by atoms with Crippen molar-refractivity contribution in [2.75, 3.05) is 26.2 Å². The fourth-order valence-corrected chi connectivity index (χ4v) is 4.24. The molecule has 4 rings (SSSR count). The van der Waals surface area contributed by atoms with Gasteiger partial charge in [-0.05, 0) is 31.0 Å². The Bertz CT molecular complexity index is 769. The van der Waals surface area contributed by atoms with E-state index in [1.807, 2.05) is 23.1 Å². The summed E-state index contributed by atoms with van der Waals surface area (Å²) in [5.74, 6) is 1.09. The fourth-order valence-electron chi connectivity index (χ4n) is 4.24. The van der Waals surface area contributed by atoms with Crippen molar-refractivity contribution in [2.45, 2.75) is 57.9 Å². The number of oxazole rings is 1. The Kier molecular flexibility index (Phi) is 4.98. The summed E-state index contributed by atoms with van der Waals surface area (Å²) < 4.78 is 5.75. The minimum atomic E-state index is 0.115. The molecule has 0 radical (unpaired) electrons. The second-order valence-corrected chi connectivity index (χ2v) is 8.01. The highest BCUT2D eigenvalue weighted by atomic mass is 16.3. The molecule has 1 amide bonds. The van der Waals surface area contributed by atoms with E-state index >= 15 is 0 Å². The van der Waals surface area contributed by atoms with Crippen LogP contribution in [-0.2, 0) is 0 Å². The predicted molar refractivity (Wildman–Crippen MR) is 102 cm³/mol. The van der Waals surface area contributed by atoms with Gasteiger partial charge in [-0.2, -0.15) is 0 Å². The van der Waals surface area contributed by atoms with Gasteiger partial charge in [0.2, 0.25) is 0 Å². The first-order valence-corrected chi connectivity index (χ1v) is 10.1. The number of amides is 1. The average Bonchev–Trinajstić information content (AvgIpc) is 3.12. The van der Waals surface area contributed by atoms with Crippen molar-refractivity contribution in [2.24, 2.45) is 0 Å². The van der Waals surface area contributed by atoms with Gasteiger partial charge in [-0.25, -0.2) is 4.98 Å². The lowest BCUT2D eigenvalue weighted by atomic mass is 9.94. The number of fused-ring (bicyclic) bond motifs is 1. The Morgan fingerprint density at radius 3 is 2.54 bits per heavy atom. The quantitative estimate of drug-likeness (QED) is 0.834. The smallest absolute Gasteiger partial charge is 0.254 e. The molecule has 0 bridgehead atoms. The molecule has 0 spiro atoms. The van der Waals surface area contributed by atoms with Crippen LogP contribution in [0.5, 0.6) is 0 Å². The third-order valence-electron chi connectivity index (χ3n) is 5.84. The monoisotopic (exact) mass is 355 g/mol. The Balaban J connectivity index is 1.42. The van der Waals surface area contributed by atoms with Gasteiger partial charge in [-0.3, -0.25) is 9.69 Å². The van der Waals surface area contributed by atoms with Crippen LogP contribution in [0.2, 0.25) is 0 Å². The van der Waals surface area contributed by atoms with E-state index in [2.05, 4.69) is 23.7 Å². The molecule has 140 valence electrons. The molecule has 2 fully saturated rings. The summed E-state index contributed by atoms with van der Waals surface area (Å²) in [6.45, 7) is 7.76. The van der Waals surface area contributed by atoms with Crippen molar-refractivity contribution >= 4 is 17.0 Å². The van der Waals surface area contributed by atoms with Crippen molar-refractivity contribution < 1.29 is 9.21 Å². The van der Waals surface area contributed by atoms with Crippen molar-refractivity contribution in [1.29, 1.82) is 0 Å². The number of piperazine rings is 1. The molecule has 0 unspecified atom stereocenters. The molecule has 5 heteroatoms. The molecule has 1 aromatic carbocycles. The fraction of sp³-hybridized carbons (Fsp3) is 0.619. The molecule has 1 aliphatic heterocycles. The standard InChI is InChI=1S/C21H29N3O2/c1-15(2)20-22-18-14-16(8-9-19(18)26-20)21(25)24-12-10-23(11-13-24)17-6-4-3-5-7-17/h8-9,14-15,17H,3-7,10-13H2,1-2H3. The summed E-state index contributed by atoms with van der Waals surface area (Å²) in [5.41, 5.74) is 2.25. The number of aromatic nitrogens is 1. The van der Waals surface area contributed by atoms with E-state index in [1.54, 1.807) is 0 Å². The van der Waals surface area contributed by atoms with Gasteiger partial charge in [0.25, 0.3) is 5.91 Å². The number of hydrogen-bond acceptors (Lipinski definition) is 4. The number of nitrogens with zero attached hydrogens (tertiary/aromatic N) is 3. The number of carbonyl (C=O) groups is 1. The first-order valence-electron chi connectivity index (χ1n) is 10.1.